The van der Waals surface area contributed by atoms with E-state index in [0.717, 1.165) is 0 Å². The molecule has 1 fully saturated rings. The van der Waals surface area contributed by atoms with Crippen LogP contribution in [0.1, 0.15) is 38.2 Å². The largest absolute Gasteiger partial charge is 0.382 e. The summed E-state index contributed by atoms with van der Waals surface area (Å²) in [5.74, 6) is 0. The fourth-order valence-electron chi connectivity index (χ4n) is 3.26. The Kier molecular flexibility index (Phi) is 5.92. The molecule has 0 aliphatic carbocycles. The van der Waals surface area contributed by atoms with Crippen molar-refractivity contribution in [2.75, 3.05) is 43.9 Å². The highest BCUT2D eigenvalue weighted by Crippen LogP contribution is 2.24. The van der Waals surface area contributed by atoms with Crippen LogP contribution in [0.2, 0.25) is 0 Å². The number of nitrogens with one attached hydrogen (secondary N) is 1. The molecule has 0 bridgehead atoms. The molecule has 1 aliphatic rings. The minimum Gasteiger partial charge on any atom is -0.382 e. The third-order valence-corrected chi connectivity index (χ3v) is 4.42. The Labute approximate surface area is 130 Å². The van der Waals surface area contributed by atoms with Crippen molar-refractivity contribution in [1.82, 2.24) is 4.90 Å². The zero-order valence-electron chi connectivity index (χ0n) is 14.2. The van der Waals surface area contributed by atoms with E-state index in [4.69, 9.17) is 0 Å². The normalized spacial score (nSPS) is 20.1. The Morgan fingerprint density at radius 2 is 2.05 bits per heavy atom. The summed E-state index contributed by atoms with van der Waals surface area (Å²) in [6.07, 6.45) is 5.11. The SMILES string of the molecule is CCCN1CCCC(Nc2ccc(C)c(N(C)C)c2)CC1. The molecule has 0 saturated carbocycles. The van der Waals surface area contributed by atoms with Crippen LogP contribution in [0.4, 0.5) is 11.4 Å². The molecular formula is C18H31N3. The lowest BCUT2D eigenvalue weighted by Crippen LogP contribution is -2.27. The number of nitrogens with zero attached hydrogens (tertiary/aromatic N) is 2. The van der Waals surface area contributed by atoms with Gasteiger partial charge in [-0.05, 0) is 63.4 Å². The Balaban J connectivity index is 1.97. The van der Waals surface area contributed by atoms with Gasteiger partial charge in [-0.1, -0.05) is 13.0 Å². The van der Waals surface area contributed by atoms with E-state index < -0.39 is 0 Å². The van der Waals surface area contributed by atoms with Gasteiger partial charge in [0, 0.05) is 38.1 Å². The van der Waals surface area contributed by atoms with E-state index >= 15 is 0 Å². The average Bonchev–Trinajstić information content (AvgIpc) is 2.67. The molecule has 118 valence electrons. The minimum absolute atomic E-state index is 0.615. The van der Waals surface area contributed by atoms with Gasteiger partial charge < -0.3 is 15.1 Å². The van der Waals surface area contributed by atoms with Crippen LogP contribution in [0.25, 0.3) is 0 Å². The summed E-state index contributed by atoms with van der Waals surface area (Å²) >= 11 is 0. The van der Waals surface area contributed by atoms with E-state index in [-0.39, 0.29) is 0 Å². The summed E-state index contributed by atoms with van der Waals surface area (Å²) in [6, 6.07) is 7.34. The second kappa shape index (κ2) is 7.69. The maximum Gasteiger partial charge on any atom is 0.0411 e. The first-order chi connectivity index (χ1) is 10.1. The van der Waals surface area contributed by atoms with E-state index in [9.17, 15) is 0 Å². The molecular weight excluding hydrogens is 258 g/mol. The second-order valence-corrected chi connectivity index (χ2v) is 6.51. The van der Waals surface area contributed by atoms with Crippen molar-refractivity contribution in [2.45, 2.75) is 45.6 Å². The van der Waals surface area contributed by atoms with Crippen molar-refractivity contribution in [3.8, 4) is 0 Å². The van der Waals surface area contributed by atoms with Crippen molar-refractivity contribution in [3.05, 3.63) is 23.8 Å². The van der Waals surface area contributed by atoms with E-state index in [1.54, 1.807) is 0 Å². The van der Waals surface area contributed by atoms with Gasteiger partial charge in [0.25, 0.3) is 0 Å². The second-order valence-electron chi connectivity index (χ2n) is 6.51. The van der Waals surface area contributed by atoms with E-state index in [1.807, 2.05) is 0 Å². The number of hydrogen-bond donors (Lipinski definition) is 1. The number of aryl methyl sites for hydroxylation is 1. The first kappa shape index (κ1) is 16.2. The predicted octanol–water partition coefficient (Wildman–Crippen LogP) is 3.74. The molecule has 1 aromatic rings. The molecule has 1 atom stereocenters. The standard InChI is InChI=1S/C18H31N3/c1-5-11-21-12-6-7-16(10-13-21)19-17-9-8-15(2)18(14-17)20(3)4/h8-9,14,16,19H,5-7,10-13H2,1-4H3. The van der Waals surface area contributed by atoms with Gasteiger partial charge in [-0.15, -0.1) is 0 Å². The molecule has 0 aromatic heterocycles. The average molecular weight is 289 g/mol. The molecule has 3 heteroatoms. The summed E-state index contributed by atoms with van der Waals surface area (Å²) in [4.78, 5) is 4.80. The lowest BCUT2D eigenvalue weighted by Gasteiger charge is -2.22. The molecule has 1 aliphatic heterocycles. The van der Waals surface area contributed by atoms with Gasteiger partial charge in [-0.25, -0.2) is 0 Å². The quantitative estimate of drug-likeness (QED) is 0.891. The van der Waals surface area contributed by atoms with E-state index in [0.29, 0.717) is 6.04 Å². The van der Waals surface area contributed by atoms with Gasteiger partial charge in [-0.3, -0.25) is 0 Å². The maximum atomic E-state index is 3.75. The fourth-order valence-corrected chi connectivity index (χ4v) is 3.26. The summed E-state index contributed by atoms with van der Waals surface area (Å²) in [5, 5.41) is 3.75. The van der Waals surface area contributed by atoms with Gasteiger partial charge in [-0.2, -0.15) is 0 Å². The summed E-state index contributed by atoms with van der Waals surface area (Å²) in [5.41, 5.74) is 3.90. The Hall–Kier alpha value is -1.22. The topological polar surface area (TPSA) is 18.5 Å². The van der Waals surface area contributed by atoms with E-state index in [1.165, 1.54) is 62.3 Å². The van der Waals surface area contributed by atoms with Gasteiger partial charge in [0.15, 0.2) is 0 Å². The number of hydrogen-bond acceptors (Lipinski definition) is 3. The molecule has 1 N–H and O–H groups in total. The highest BCUT2D eigenvalue weighted by atomic mass is 15.1. The smallest absolute Gasteiger partial charge is 0.0411 e. The molecule has 0 radical (unpaired) electrons. The number of likely N-dealkylation sites (tertiary alicyclic amines) is 1. The van der Waals surface area contributed by atoms with Gasteiger partial charge >= 0.3 is 0 Å². The predicted molar refractivity (Wildman–Crippen MR) is 93.5 cm³/mol. The van der Waals surface area contributed by atoms with Crippen LogP contribution in [-0.2, 0) is 0 Å². The fraction of sp³-hybridized carbons (Fsp3) is 0.667. The van der Waals surface area contributed by atoms with E-state index in [2.05, 4.69) is 61.3 Å². The zero-order valence-corrected chi connectivity index (χ0v) is 14.2. The summed E-state index contributed by atoms with van der Waals surface area (Å²) in [6.45, 7) is 8.20. The van der Waals surface area contributed by atoms with Gasteiger partial charge in [0.05, 0.1) is 0 Å². The third-order valence-electron chi connectivity index (χ3n) is 4.42. The molecule has 1 unspecified atom stereocenters. The third kappa shape index (κ3) is 4.63. The van der Waals surface area contributed by atoms with Crippen molar-refractivity contribution in [2.24, 2.45) is 0 Å². The first-order valence-corrected chi connectivity index (χ1v) is 8.37. The van der Waals surface area contributed by atoms with Crippen LogP contribution in [0.15, 0.2) is 18.2 Å². The number of rotatable bonds is 5. The lowest BCUT2D eigenvalue weighted by atomic mass is 10.1. The minimum atomic E-state index is 0.615. The number of anilines is 2. The molecule has 1 saturated heterocycles. The van der Waals surface area contributed by atoms with Crippen molar-refractivity contribution in [3.63, 3.8) is 0 Å². The monoisotopic (exact) mass is 289 g/mol. The highest BCUT2D eigenvalue weighted by molar-refractivity contribution is 5.62. The molecule has 3 nitrogen and oxygen atoms in total. The van der Waals surface area contributed by atoms with Gasteiger partial charge in [0.1, 0.15) is 0 Å². The molecule has 1 aromatic carbocycles. The molecule has 0 spiro atoms. The molecule has 0 amide bonds. The zero-order chi connectivity index (χ0) is 15.2. The Morgan fingerprint density at radius 1 is 1.24 bits per heavy atom. The van der Waals surface area contributed by atoms with Crippen LogP contribution in [0.5, 0.6) is 0 Å². The van der Waals surface area contributed by atoms with Crippen LogP contribution in [0, 0.1) is 6.92 Å². The Bertz CT molecular complexity index is 442. The maximum absolute atomic E-state index is 3.75. The highest BCUT2D eigenvalue weighted by Gasteiger charge is 2.16. The van der Waals surface area contributed by atoms with Crippen molar-refractivity contribution in [1.29, 1.82) is 0 Å². The molecule has 2 rings (SSSR count). The summed E-state index contributed by atoms with van der Waals surface area (Å²) in [7, 11) is 4.22. The van der Waals surface area contributed by atoms with Crippen LogP contribution < -0.4 is 10.2 Å². The van der Waals surface area contributed by atoms with Gasteiger partial charge in [0.2, 0.25) is 0 Å². The van der Waals surface area contributed by atoms with Crippen LogP contribution >= 0.6 is 0 Å². The Morgan fingerprint density at radius 3 is 2.76 bits per heavy atom. The first-order valence-electron chi connectivity index (χ1n) is 8.37. The van der Waals surface area contributed by atoms with Crippen molar-refractivity contribution < 1.29 is 0 Å². The van der Waals surface area contributed by atoms with Crippen LogP contribution in [-0.4, -0.2) is 44.7 Å². The van der Waals surface area contributed by atoms with Crippen molar-refractivity contribution >= 4 is 11.4 Å². The number of benzene rings is 1. The lowest BCUT2D eigenvalue weighted by molar-refractivity contribution is 0.285. The molecule has 1 heterocycles. The summed E-state index contributed by atoms with van der Waals surface area (Å²) < 4.78 is 0. The van der Waals surface area contributed by atoms with Crippen LogP contribution in [0.3, 0.4) is 0 Å². The molecule has 21 heavy (non-hydrogen) atoms.